The van der Waals surface area contributed by atoms with Crippen molar-refractivity contribution >= 4 is 66.5 Å². The maximum absolute atomic E-state index is 12.3. The number of phenolic OH excluding ortho intramolecular Hbond substituents is 1. The summed E-state index contributed by atoms with van der Waals surface area (Å²) in [6.45, 7) is 0. The molecule has 140 valence electrons. The number of phenols is 1. The Morgan fingerprint density at radius 2 is 1.85 bits per heavy atom. The lowest BCUT2D eigenvalue weighted by atomic mass is 10.2. The second kappa shape index (κ2) is 8.37. The third-order valence-corrected chi connectivity index (χ3v) is 6.70. The molecule has 1 aliphatic rings. The molecule has 2 aromatic rings. The molecular weight excluding hydrogens is 500 g/mol. The van der Waals surface area contributed by atoms with Crippen LogP contribution in [-0.2, 0) is 4.79 Å². The average Bonchev–Trinajstić information content (AvgIpc) is 3.01. The summed E-state index contributed by atoms with van der Waals surface area (Å²) in [7, 11) is 3.06. The minimum Gasteiger partial charge on any atom is -0.503 e. The van der Waals surface area contributed by atoms with Crippen molar-refractivity contribution in [3.05, 3.63) is 49.7 Å². The Labute approximate surface area is 176 Å². The minimum absolute atomic E-state index is 0.0168. The maximum Gasteiger partial charge on any atom is 0.264 e. The summed E-state index contributed by atoms with van der Waals surface area (Å²) in [5.41, 5.74) is 1.38. The first-order chi connectivity index (χ1) is 12.9. The number of methoxy groups -OCH3 is 2. The number of rotatable bonds is 4. The van der Waals surface area contributed by atoms with Crippen molar-refractivity contribution in [2.45, 2.75) is 0 Å². The van der Waals surface area contributed by atoms with E-state index >= 15 is 0 Å². The normalized spacial score (nSPS) is 16.7. The summed E-state index contributed by atoms with van der Waals surface area (Å²) in [5.74, 6) is 0.769. The van der Waals surface area contributed by atoms with Crippen LogP contribution in [0.5, 0.6) is 17.2 Å². The lowest BCUT2D eigenvalue weighted by molar-refractivity contribution is -0.115. The van der Waals surface area contributed by atoms with Crippen LogP contribution in [0.1, 0.15) is 5.56 Å². The number of ether oxygens (including phenoxy) is 2. The topological polar surface area (TPSA) is 80.2 Å². The molecule has 3 rings (SSSR count). The fraction of sp³-hybridized carbons (Fsp3) is 0.111. The zero-order valence-electron chi connectivity index (χ0n) is 14.2. The molecule has 2 N–H and O–H groups in total. The molecule has 1 aliphatic heterocycles. The molecular formula is C18H14Br2N2O4S. The second-order valence-electron chi connectivity index (χ2n) is 5.32. The van der Waals surface area contributed by atoms with Crippen molar-refractivity contribution in [1.29, 1.82) is 0 Å². The van der Waals surface area contributed by atoms with E-state index in [1.165, 1.54) is 18.9 Å². The zero-order valence-corrected chi connectivity index (χ0v) is 18.2. The lowest BCUT2D eigenvalue weighted by Crippen LogP contribution is -2.19. The molecule has 0 atom stereocenters. The molecule has 1 saturated heterocycles. The van der Waals surface area contributed by atoms with Crippen LogP contribution < -0.4 is 14.8 Å². The van der Waals surface area contributed by atoms with Gasteiger partial charge in [0.05, 0.1) is 29.3 Å². The first-order valence-electron chi connectivity index (χ1n) is 7.61. The van der Waals surface area contributed by atoms with E-state index < -0.39 is 0 Å². The van der Waals surface area contributed by atoms with Crippen LogP contribution in [0, 0.1) is 0 Å². The Kier molecular flexibility index (Phi) is 6.13. The van der Waals surface area contributed by atoms with Crippen molar-refractivity contribution in [3.8, 4) is 17.2 Å². The number of halogens is 2. The molecule has 2 aromatic carbocycles. The van der Waals surface area contributed by atoms with Crippen LogP contribution >= 0.6 is 43.6 Å². The first kappa shape index (κ1) is 19.8. The lowest BCUT2D eigenvalue weighted by Gasteiger charge is -2.10. The molecule has 0 radical (unpaired) electrons. The van der Waals surface area contributed by atoms with Crippen LogP contribution in [0.3, 0.4) is 0 Å². The number of carbonyl (C=O) groups excluding carboxylic acids is 1. The molecule has 1 amide bonds. The van der Waals surface area contributed by atoms with Crippen LogP contribution in [0.15, 0.2) is 49.2 Å². The smallest absolute Gasteiger partial charge is 0.264 e. The minimum atomic E-state index is -0.248. The van der Waals surface area contributed by atoms with Gasteiger partial charge < -0.3 is 19.9 Å². The summed E-state index contributed by atoms with van der Waals surface area (Å²) in [4.78, 5) is 17.2. The molecule has 0 aromatic heterocycles. The van der Waals surface area contributed by atoms with E-state index in [0.717, 1.165) is 5.75 Å². The fourth-order valence-electron chi connectivity index (χ4n) is 2.27. The van der Waals surface area contributed by atoms with Crippen molar-refractivity contribution in [3.63, 3.8) is 0 Å². The van der Waals surface area contributed by atoms with Crippen molar-refractivity contribution in [1.82, 2.24) is 5.32 Å². The Balaban J connectivity index is 1.89. The van der Waals surface area contributed by atoms with E-state index in [0.29, 0.717) is 36.0 Å². The highest BCUT2D eigenvalue weighted by atomic mass is 79.9. The number of aromatic hydroxyl groups is 1. The number of thioether (sulfide) groups is 1. The average molecular weight is 514 g/mol. The van der Waals surface area contributed by atoms with Gasteiger partial charge in [-0.15, -0.1) is 0 Å². The molecule has 27 heavy (non-hydrogen) atoms. The third kappa shape index (κ3) is 4.31. The second-order valence-corrected chi connectivity index (χ2v) is 7.94. The van der Waals surface area contributed by atoms with Gasteiger partial charge in [0.25, 0.3) is 5.91 Å². The SMILES string of the molecule is COc1ccc(N=C2NC(=O)/C(=C/c3cc(OC)c(O)c(Br)c3Br)S2)cc1. The van der Waals surface area contributed by atoms with E-state index in [4.69, 9.17) is 9.47 Å². The summed E-state index contributed by atoms with van der Waals surface area (Å²) in [6.07, 6.45) is 1.70. The molecule has 0 unspecified atom stereocenters. The third-order valence-electron chi connectivity index (χ3n) is 3.63. The van der Waals surface area contributed by atoms with Gasteiger partial charge in [-0.3, -0.25) is 4.79 Å². The molecule has 9 heteroatoms. The van der Waals surface area contributed by atoms with Crippen molar-refractivity contribution < 1.29 is 19.4 Å². The largest absolute Gasteiger partial charge is 0.503 e. The molecule has 1 fully saturated rings. The Morgan fingerprint density at radius 1 is 1.15 bits per heavy atom. The molecule has 1 heterocycles. The summed E-state index contributed by atoms with van der Waals surface area (Å²) >= 11 is 7.95. The van der Waals surface area contributed by atoms with Gasteiger partial charge in [0.1, 0.15) is 5.75 Å². The van der Waals surface area contributed by atoms with Crippen LogP contribution in [0.2, 0.25) is 0 Å². The number of amides is 1. The maximum atomic E-state index is 12.3. The highest BCUT2D eigenvalue weighted by Crippen LogP contribution is 2.43. The highest BCUT2D eigenvalue weighted by molar-refractivity contribution is 9.13. The van der Waals surface area contributed by atoms with E-state index in [1.54, 1.807) is 43.5 Å². The number of amidine groups is 1. The van der Waals surface area contributed by atoms with E-state index in [1.807, 2.05) is 0 Å². The number of nitrogens with zero attached hydrogens (tertiary/aromatic N) is 1. The number of carbonyl (C=O) groups is 1. The first-order valence-corrected chi connectivity index (χ1v) is 10.0. The predicted molar refractivity (Wildman–Crippen MR) is 114 cm³/mol. The summed E-state index contributed by atoms with van der Waals surface area (Å²) in [6, 6.07) is 8.85. The van der Waals surface area contributed by atoms with Crippen LogP contribution in [-0.4, -0.2) is 30.4 Å². The molecule has 0 bridgehead atoms. The van der Waals surface area contributed by atoms with Crippen LogP contribution in [0.25, 0.3) is 6.08 Å². The monoisotopic (exact) mass is 512 g/mol. The molecule has 0 saturated carbocycles. The number of hydrogen-bond donors (Lipinski definition) is 2. The van der Waals surface area contributed by atoms with E-state index in [2.05, 4.69) is 42.2 Å². The quantitative estimate of drug-likeness (QED) is 0.572. The van der Waals surface area contributed by atoms with Gasteiger partial charge >= 0.3 is 0 Å². The summed E-state index contributed by atoms with van der Waals surface area (Å²) < 4.78 is 11.3. The van der Waals surface area contributed by atoms with Crippen molar-refractivity contribution in [2.75, 3.05) is 14.2 Å². The number of aliphatic imine (C=N–C) groups is 1. The Morgan fingerprint density at radius 3 is 2.48 bits per heavy atom. The van der Waals surface area contributed by atoms with Gasteiger partial charge in [0.15, 0.2) is 16.7 Å². The summed E-state index contributed by atoms with van der Waals surface area (Å²) in [5, 5.41) is 13.2. The van der Waals surface area contributed by atoms with E-state index in [-0.39, 0.29) is 11.7 Å². The van der Waals surface area contributed by atoms with Crippen molar-refractivity contribution in [2.24, 2.45) is 4.99 Å². The fourth-order valence-corrected chi connectivity index (χ4v) is 3.94. The Hall–Kier alpha value is -1.97. The van der Waals surface area contributed by atoms with E-state index in [9.17, 15) is 9.90 Å². The molecule has 0 spiro atoms. The van der Waals surface area contributed by atoms with Gasteiger partial charge in [-0.2, -0.15) is 0 Å². The van der Waals surface area contributed by atoms with Gasteiger partial charge in [-0.05, 0) is 85.6 Å². The number of hydrogen-bond acceptors (Lipinski definition) is 6. The zero-order chi connectivity index (χ0) is 19.6. The number of nitrogens with one attached hydrogen (secondary N) is 1. The highest BCUT2D eigenvalue weighted by Gasteiger charge is 2.25. The predicted octanol–water partition coefficient (Wildman–Crippen LogP) is 4.83. The standard InChI is InChI=1S/C18H14Br2N2O4S/c1-25-11-5-3-10(4-6-11)21-18-22-17(24)13(27-18)8-9-7-12(26-2)16(23)15(20)14(9)19/h3-8,23H,1-2H3,(H,21,22,24)/b13-8-. The molecule has 0 aliphatic carbocycles. The van der Waals surface area contributed by atoms with Gasteiger partial charge in [0.2, 0.25) is 0 Å². The van der Waals surface area contributed by atoms with Gasteiger partial charge in [-0.1, -0.05) is 0 Å². The Bertz CT molecular complexity index is 959. The van der Waals surface area contributed by atoms with Gasteiger partial charge in [0, 0.05) is 4.47 Å². The van der Waals surface area contributed by atoms with Gasteiger partial charge in [-0.25, -0.2) is 4.99 Å². The van der Waals surface area contributed by atoms with Crippen LogP contribution in [0.4, 0.5) is 5.69 Å². The molecule has 6 nitrogen and oxygen atoms in total. The number of benzene rings is 2.